The molecular weight excluding hydrogens is 398 g/mol. The number of aromatic nitrogens is 2. The third-order valence-electron chi connectivity index (χ3n) is 6.66. The lowest BCUT2D eigenvalue weighted by molar-refractivity contribution is 0.0680. The SMILES string of the molecule is Cc1cc(-c2[nH]c3ccc(C4CCN(CCOCCO)CC4)cc3c2C(C)C)cc(C)n1. The molecule has 3 aromatic rings. The number of nitrogens with one attached hydrogen (secondary N) is 1. The highest BCUT2D eigenvalue weighted by Crippen LogP contribution is 2.38. The molecule has 1 aromatic carbocycles. The number of aliphatic hydroxyl groups excluding tert-OH is 1. The second-order valence-electron chi connectivity index (χ2n) is 9.46. The number of ether oxygens (including phenoxy) is 1. The summed E-state index contributed by atoms with van der Waals surface area (Å²) in [6.07, 6.45) is 2.37. The number of pyridine rings is 1. The molecule has 0 atom stereocenters. The molecule has 3 heterocycles. The summed E-state index contributed by atoms with van der Waals surface area (Å²) in [7, 11) is 0. The van der Waals surface area contributed by atoms with Crippen molar-refractivity contribution in [2.24, 2.45) is 0 Å². The van der Waals surface area contributed by atoms with Gasteiger partial charge in [0, 0.05) is 34.4 Å². The number of likely N-dealkylation sites (tertiary alicyclic amines) is 1. The van der Waals surface area contributed by atoms with E-state index in [0.29, 0.717) is 25.0 Å². The predicted octanol–water partition coefficient (Wildman–Crippen LogP) is 5.16. The molecule has 0 spiro atoms. The van der Waals surface area contributed by atoms with E-state index >= 15 is 0 Å². The van der Waals surface area contributed by atoms with E-state index < -0.39 is 0 Å². The maximum atomic E-state index is 8.84. The standard InChI is InChI=1S/C27H37N3O2/c1-18(2)26-24-17-22(21-7-9-30(10-8-21)11-13-32-14-12-31)5-6-25(24)29-27(26)23-15-19(3)28-20(4)16-23/h5-6,15-18,21,29,31H,7-14H2,1-4H3. The molecule has 5 heteroatoms. The number of nitrogens with zero attached hydrogens (tertiary/aromatic N) is 2. The van der Waals surface area contributed by atoms with Crippen molar-refractivity contribution in [2.75, 3.05) is 39.5 Å². The first-order valence-electron chi connectivity index (χ1n) is 12.0. The van der Waals surface area contributed by atoms with Crippen molar-refractivity contribution in [1.82, 2.24) is 14.9 Å². The fourth-order valence-electron chi connectivity index (χ4n) is 5.14. The summed E-state index contributed by atoms with van der Waals surface area (Å²) in [5.41, 5.74) is 8.67. The lowest BCUT2D eigenvalue weighted by Crippen LogP contribution is -2.35. The van der Waals surface area contributed by atoms with Crippen molar-refractivity contribution >= 4 is 10.9 Å². The number of hydrogen-bond acceptors (Lipinski definition) is 4. The maximum absolute atomic E-state index is 8.84. The minimum atomic E-state index is 0.101. The van der Waals surface area contributed by atoms with Gasteiger partial charge in [-0.3, -0.25) is 4.98 Å². The maximum Gasteiger partial charge on any atom is 0.0698 e. The van der Waals surface area contributed by atoms with Crippen LogP contribution < -0.4 is 0 Å². The average Bonchev–Trinajstić information content (AvgIpc) is 3.16. The van der Waals surface area contributed by atoms with Gasteiger partial charge in [-0.15, -0.1) is 0 Å². The van der Waals surface area contributed by atoms with Crippen LogP contribution in [0.1, 0.15) is 61.0 Å². The smallest absolute Gasteiger partial charge is 0.0698 e. The Hall–Kier alpha value is -2.21. The van der Waals surface area contributed by atoms with Crippen molar-refractivity contribution in [2.45, 2.75) is 52.4 Å². The van der Waals surface area contributed by atoms with Gasteiger partial charge in [-0.05, 0) is 87.0 Å². The summed E-state index contributed by atoms with van der Waals surface area (Å²) in [6.45, 7) is 13.1. The summed E-state index contributed by atoms with van der Waals surface area (Å²) < 4.78 is 5.44. The average molecular weight is 436 g/mol. The molecule has 2 N–H and O–H groups in total. The number of rotatable bonds is 8. The molecule has 0 aliphatic carbocycles. The Balaban J connectivity index is 1.56. The first-order chi connectivity index (χ1) is 15.5. The first-order valence-corrected chi connectivity index (χ1v) is 12.0. The van der Waals surface area contributed by atoms with Gasteiger partial charge in [0.05, 0.1) is 25.5 Å². The second-order valence-corrected chi connectivity index (χ2v) is 9.46. The fourth-order valence-corrected chi connectivity index (χ4v) is 5.14. The Morgan fingerprint density at radius 2 is 1.81 bits per heavy atom. The van der Waals surface area contributed by atoms with Gasteiger partial charge in [-0.1, -0.05) is 19.9 Å². The lowest BCUT2D eigenvalue weighted by atomic mass is 9.87. The summed E-state index contributed by atoms with van der Waals surface area (Å²) in [6, 6.07) is 11.4. The van der Waals surface area contributed by atoms with Crippen LogP contribution in [-0.4, -0.2) is 59.4 Å². The predicted molar refractivity (Wildman–Crippen MR) is 131 cm³/mol. The van der Waals surface area contributed by atoms with Crippen LogP contribution in [0, 0.1) is 13.8 Å². The minimum Gasteiger partial charge on any atom is -0.394 e. The molecule has 1 aliphatic heterocycles. The summed E-state index contributed by atoms with van der Waals surface area (Å²) >= 11 is 0. The van der Waals surface area contributed by atoms with Gasteiger partial charge in [0.1, 0.15) is 0 Å². The minimum absolute atomic E-state index is 0.101. The van der Waals surface area contributed by atoms with Gasteiger partial charge < -0.3 is 19.7 Å². The molecule has 4 rings (SSSR count). The zero-order chi connectivity index (χ0) is 22.7. The van der Waals surface area contributed by atoms with Crippen LogP contribution in [0.2, 0.25) is 0 Å². The van der Waals surface area contributed by atoms with Crippen molar-refractivity contribution < 1.29 is 9.84 Å². The molecule has 172 valence electrons. The van der Waals surface area contributed by atoms with Crippen LogP contribution in [0.4, 0.5) is 0 Å². The van der Waals surface area contributed by atoms with Crippen LogP contribution in [0.25, 0.3) is 22.2 Å². The number of benzene rings is 1. The number of H-pyrrole nitrogens is 1. The zero-order valence-corrected chi connectivity index (χ0v) is 19.9. The Morgan fingerprint density at radius 3 is 2.47 bits per heavy atom. The van der Waals surface area contributed by atoms with Gasteiger partial charge in [0.2, 0.25) is 0 Å². The Morgan fingerprint density at radius 1 is 1.09 bits per heavy atom. The van der Waals surface area contributed by atoms with E-state index in [1.54, 1.807) is 0 Å². The number of aliphatic hydroxyl groups is 1. The van der Waals surface area contributed by atoms with E-state index in [9.17, 15) is 0 Å². The quantitative estimate of drug-likeness (QED) is 0.480. The highest BCUT2D eigenvalue weighted by atomic mass is 16.5. The summed E-state index contributed by atoms with van der Waals surface area (Å²) in [4.78, 5) is 10.8. The van der Waals surface area contributed by atoms with Crippen LogP contribution in [0.5, 0.6) is 0 Å². The summed E-state index contributed by atoms with van der Waals surface area (Å²) in [5, 5.41) is 10.2. The molecule has 0 unspecified atom stereocenters. The highest BCUT2D eigenvalue weighted by molar-refractivity contribution is 5.92. The van der Waals surface area contributed by atoms with Crippen LogP contribution in [-0.2, 0) is 4.74 Å². The molecule has 0 saturated carbocycles. The molecule has 32 heavy (non-hydrogen) atoms. The number of aromatic amines is 1. The lowest BCUT2D eigenvalue weighted by Gasteiger charge is -2.32. The molecule has 1 aliphatic rings. The van der Waals surface area contributed by atoms with Gasteiger partial charge in [0.25, 0.3) is 0 Å². The normalized spacial score (nSPS) is 15.8. The highest BCUT2D eigenvalue weighted by Gasteiger charge is 2.22. The topological polar surface area (TPSA) is 61.4 Å². The van der Waals surface area contributed by atoms with Crippen molar-refractivity contribution in [1.29, 1.82) is 0 Å². The Labute approximate surface area is 191 Å². The molecule has 0 radical (unpaired) electrons. The van der Waals surface area contributed by atoms with Gasteiger partial charge in [-0.25, -0.2) is 0 Å². The first kappa shape index (κ1) is 23.0. The molecule has 1 fully saturated rings. The number of fused-ring (bicyclic) bond motifs is 1. The monoisotopic (exact) mass is 435 g/mol. The number of piperidine rings is 1. The van der Waals surface area contributed by atoms with Crippen LogP contribution >= 0.6 is 0 Å². The molecule has 5 nitrogen and oxygen atoms in total. The zero-order valence-electron chi connectivity index (χ0n) is 19.9. The number of hydrogen-bond donors (Lipinski definition) is 2. The van der Waals surface area contributed by atoms with Crippen molar-refractivity contribution in [3.63, 3.8) is 0 Å². The molecule has 0 bridgehead atoms. The van der Waals surface area contributed by atoms with E-state index in [0.717, 1.165) is 31.0 Å². The molecule has 1 saturated heterocycles. The molecule has 0 amide bonds. The van der Waals surface area contributed by atoms with Gasteiger partial charge in [-0.2, -0.15) is 0 Å². The third-order valence-corrected chi connectivity index (χ3v) is 6.66. The van der Waals surface area contributed by atoms with E-state index in [4.69, 9.17) is 9.84 Å². The molecule has 2 aromatic heterocycles. The van der Waals surface area contributed by atoms with Crippen molar-refractivity contribution in [3.05, 3.63) is 52.8 Å². The molecular formula is C27H37N3O2. The van der Waals surface area contributed by atoms with Crippen LogP contribution in [0.3, 0.4) is 0 Å². The Bertz CT molecular complexity index is 1030. The fraction of sp³-hybridized carbons (Fsp3) is 0.519. The summed E-state index contributed by atoms with van der Waals surface area (Å²) in [5.74, 6) is 1.04. The van der Waals surface area contributed by atoms with E-state index in [-0.39, 0.29) is 6.61 Å². The largest absolute Gasteiger partial charge is 0.394 e. The van der Waals surface area contributed by atoms with Gasteiger partial charge in [0.15, 0.2) is 0 Å². The Kier molecular flexibility index (Phi) is 7.29. The van der Waals surface area contributed by atoms with E-state index in [1.165, 1.54) is 46.1 Å². The van der Waals surface area contributed by atoms with Crippen molar-refractivity contribution in [3.8, 4) is 11.3 Å². The third kappa shape index (κ3) is 5.06. The second kappa shape index (κ2) is 10.2. The number of aryl methyl sites for hydroxylation is 2. The van der Waals surface area contributed by atoms with E-state index in [2.05, 4.69) is 72.9 Å². The van der Waals surface area contributed by atoms with Crippen LogP contribution in [0.15, 0.2) is 30.3 Å². The van der Waals surface area contributed by atoms with E-state index in [1.807, 2.05) is 0 Å². The van der Waals surface area contributed by atoms with Gasteiger partial charge >= 0.3 is 0 Å².